The van der Waals surface area contributed by atoms with E-state index in [0.717, 1.165) is 56.8 Å². The molecule has 3 nitrogen and oxygen atoms in total. The van der Waals surface area contributed by atoms with E-state index in [9.17, 15) is 5.26 Å². The maximum atomic E-state index is 10.4. The average molecular weight is 442 g/mol. The molecule has 0 unspecified atom stereocenters. The van der Waals surface area contributed by atoms with Crippen molar-refractivity contribution in [2.24, 2.45) is 0 Å². The molecule has 1 heterocycles. The molecule has 1 aliphatic rings. The Labute approximate surface area is 196 Å². The fourth-order valence-electron chi connectivity index (χ4n) is 4.57. The third kappa shape index (κ3) is 5.24. The van der Waals surface area contributed by atoms with Crippen LogP contribution in [0.15, 0.2) is 89.8 Å². The van der Waals surface area contributed by atoms with Crippen molar-refractivity contribution in [3.8, 4) is 6.07 Å². The molecule has 4 rings (SSSR count). The molecule has 0 spiro atoms. The number of thioether (sulfide) groups is 1. The summed E-state index contributed by atoms with van der Waals surface area (Å²) in [4.78, 5) is 6.37. The molecular formula is C28H31N3S. The molecule has 1 fully saturated rings. The van der Waals surface area contributed by atoms with Gasteiger partial charge in [0.2, 0.25) is 0 Å². The first-order chi connectivity index (χ1) is 15.7. The molecule has 3 aromatic carbocycles. The van der Waals surface area contributed by atoms with Gasteiger partial charge in [0.25, 0.3) is 0 Å². The fourth-order valence-corrected chi connectivity index (χ4v) is 4.98. The van der Waals surface area contributed by atoms with Gasteiger partial charge in [0.1, 0.15) is 5.41 Å². The first-order valence-electron chi connectivity index (χ1n) is 11.3. The molecule has 3 aromatic rings. The van der Waals surface area contributed by atoms with Crippen LogP contribution in [-0.2, 0) is 12.0 Å². The van der Waals surface area contributed by atoms with E-state index in [4.69, 9.17) is 0 Å². The normalized spacial score (nSPS) is 15.4. The number of nitrogens with zero attached hydrogens (tertiary/aromatic N) is 3. The quantitative estimate of drug-likeness (QED) is 0.436. The maximum Gasteiger partial charge on any atom is 0.108 e. The lowest BCUT2D eigenvalue weighted by Crippen LogP contribution is -2.47. The predicted octanol–water partition coefficient (Wildman–Crippen LogP) is 5.43. The Morgan fingerprint density at radius 3 is 1.81 bits per heavy atom. The topological polar surface area (TPSA) is 30.3 Å². The van der Waals surface area contributed by atoms with E-state index in [1.807, 2.05) is 36.4 Å². The van der Waals surface area contributed by atoms with Crippen molar-refractivity contribution in [1.82, 2.24) is 9.80 Å². The third-order valence-corrected chi connectivity index (χ3v) is 7.30. The zero-order valence-corrected chi connectivity index (χ0v) is 19.6. The van der Waals surface area contributed by atoms with Crippen molar-refractivity contribution >= 4 is 11.8 Å². The van der Waals surface area contributed by atoms with Gasteiger partial charge in [-0.3, -0.25) is 4.90 Å². The van der Waals surface area contributed by atoms with E-state index >= 15 is 0 Å². The number of hydrogen-bond donors (Lipinski definition) is 0. The lowest BCUT2D eigenvalue weighted by molar-refractivity contribution is 0.123. The van der Waals surface area contributed by atoms with Gasteiger partial charge in [-0.1, -0.05) is 72.8 Å². The molecule has 0 atom stereocenters. The van der Waals surface area contributed by atoms with Gasteiger partial charge in [-0.05, 0) is 41.5 Å². The van der Waals surface area contributed by atoms with E-state index in [-0.39, 0.29) is 0 Å². The summed E-state index contributed by atoms with van der Waals surface area (Å²) >= 11 is 1.79. The Morgan fingerprint density at radius 1 is 0.781 bits per heavy atom. The van der Waals surface area contributed by atoms with E-state index in [1.165, 1.54) is 10.5 Å². The first kappa shape index (κ1) is 22.6. The molecule has 0 amide bonds. The summed E-state index contributed by atoms with van der Waals surface area (Å²) in [6, 6.07) is 32.2. The SMILES string of the molecule is CSc1ccc(CN2CCN(CCC(C#N)(c3ccccc3)c3ccccc3)CC2)cc1. The Bertz CT molecular complexity index is 965. The van der Waals surface area contributed by atoms with Crippen LogP contribution in [0.25, 0.3) is 0 Å². The molecule has 0 radical (unpaired) electrons. The summed E-state index contributed by atoms with van der Waals surface area (Å²) < 4.78 is 0. The Kier molecular flexibility index (Phi) is 7.65. The molecule has 32 heavy (non-hydrogen) atoms. The minimum Gasteiger partial charge on any atom is -0.301 e. The number of nitriles is 1. The summed E-state index contributed by atoms with van der Waals surface area (Å²) in [6.45, 7) is 6.18. The van der Waals surface area contributed by atoms with Crippen LogP contribution < -0.4 is 0 Å². The standard InChI is InChI=1S/C28H31N3S/c1-32-27-14-12-24(13-15-27)22-31-20-18-30(19-21-31)17-16-28(23-29,25-8-4-2-5-9-25)26-10-6-3-7-11-26/h2-15H,16-22H2,1H3. The summed E-state index contributed by atoms with van der Waals surface area (Å²) in [6.07, 6.45) is 2.92. The van der Waals surface area contributed by atoms with Crippen molar-refractivity contribution in [1.29, 1.82) is 5.26 Å². The summed E-state index contributed by atoms with van der Waals surface area (Å²) in [7, 11) is 0. The van der Waals surface area contributed by atoms with Gasteiger partial charge >= 0.3 is 0 Å². The zero-order chi connectivity index (χ0) is 22.2. The monoisotopic (exact) mass is 441 g/mol. The molecule has 1 aliphatic heterocycles. The van der Waals surface area contributed by atoms with E-state index in [2.05, 4.69) is 70.7 Å². The summed E-state index contributed by atoms with van der Waals surface area (Å²) in [5, 5.41) is 10.4. The molecular weight excluding hydrogens is 410 g/mol. The third-order valence-electron chi connectivity index (χ3n) is 6.56. The largest absolute Gasteiger partial charge is 0.301 e. The number of hydrogen-bond acceptors (Lipinski definition) is 4. The lowest BCUT2D eigenvalue weighted by atomic mass is 9.73. The molecule has 4 heteroatoms. The van der Waals surface area contributed by atoms with Gasteiger partial charge in [-0.15, -0.1) is 11.8 Å². The van der Waals surface area contributed by atoms with Crippen LogP contribution >= 0.6 is 11.8 Å². The van der Waals surface area contributed by atoms with Gasteiger partial charge < -0.3 is 4.90 Å². The minimum atomic E-state index is -0.612. The van der Waals surface area contributed by atoms with Crippen LogP contribution in [0.4, 0.5) is 0 Å². The highest BCUT2D eigenvalue weighted by molar-refractivity contribution is 7.98. The van der Waals surface area contributed by atoms with Crippen LogP contribution in [0.3, 0.4) is 0 Å². The van der Waals surface area contributed by atoms with Crippen LogP contribution in [0.1, 0.15) is 23.1 Å². The second kappa shape index (κ2) is 10.8. The Balaban J connectivity index is 1.39. The van der Waals surface area contributed by atoms with Gasteiger partial charge in [0, 0.05) is 44.2 Å². The number of rotatable bonds is 8. The van der Waals surface area contributed by atoms with Crippen LogP contribution in [0.2, 0.25) is 0 Å². The van der Waals surface area contributed by atoms with E-state index in [1.54, 1.807) is 11.8 Å². The molecule has 0 bridgehead atoms. The van der Waals surface area contributed by atoms with Crippen LogP contribution in [-0.4, -0.2) is 48.8 Å². The minimum absolute atomic E-state index is 0.612. The Morgan fingerprint density at radius 2 is 1.31 bits per heavy atom. The van der Waals surface area contributed by atoms with Gasteiger partial charge in [-0.25, -0.2) is 0 Å². The van der Waals surface area contributed by atoms with Crippen LogP contribution in [0.5, 0.6) is 0 Å². The van der Waals surface area contributed by atoms with E-state index < -0.39 is 5.41 Å². The number of piperazine rings is 1. The highest BCUT2D eigenvalue weighted by Crippen LogP contribution is 2.35. The van der Waals surface area contributed by atoms with Gasteiger partial charge in [0.15, 0.2) is 0 Å². The first-order valence-corrected chi connectivity index (χ1v) is 12.6. The van der Waals surface area contributed by atoms with Gasteiger partial charge in [-0.2, -0.15) is 5.26 Å². The van der Waals surface area contributed by atoms with E-state index in [0.29, 0.717) is 0 Å². The summed E-state index contributed by atoms with van der Waals surface area (Å²) in [5.74, 6) is 0. The molecule has 0 aliphatic carbocycles. The molecule has 0 aromatic heterocycles. The lowest BCUT2D eigenvalue weighted by Gasteiger charge is -2.37. The highest BCUT2D eigenvalue weighted by Gasteiger charge is 2.35. The second-order valence-corrected chi connectivity index (χ2v) is 9.34. The predicted molar refractivity (Wildman–Crippen MR) is 134 cm³/mol. The smallest absolute Gasteiger partial charge is 0.108 e. The van der Waals surface area contributed by atoms with Crippen molar-refractivity contribution in [3.05, 3.63) is 102 Å². The average Bonchev–Trinajstić information content (AvgIpc) is 2.87. The number of benzene rings is 3. The maximum absolute atomic E-state index is 10.4. The second-order valence-electron chi connectivity index (χ2n) is 8.47. The molecule has 0 saturated carbocycles. The summed E-state index contributed by atoms with van der Waals surface area (Å²) in [5.41, 5.74) is 2.94. The van der Waals surface area contributed by atoms with Gasteiger partial charge in [0.05, 0.1) is 6.07 Å². The molecule has 1 saturated heterocycles. The highest BCUT2D eigenvalue weighted by atomic mass is 32.2. The molecule has 0 N–H and O–H groups in total. The Hall–Kier alpha value is -2.58. The van der Waals surface area contributed by atoms with Crippen LogP contribution in [0, 0.1) is 11.3 Å². The van der Waals surface area contributed by atoms with Crippen molar-refractivity contribution in [3.63, 3.8) is 0 Å². The molecule has 164 valence electrons. The zero-order valence-electron chi connectivity index (χ0n) is 18.8. The van der Waals surface area contributed by atoms with Crippen molar-refractivity contribution in [2.45, 2.75) is 23.3 Å². The van der Waals surface area contributed by atoms with Crippen molar-refractivity contribution in [2.75, 3.05) is 39.0 Å². The fraction of sp³-hybridized carbons (Fsp3) is 0.321. The van der Waals surface area contributed by atoms with Crippen molar-refractivity contribution < 1.29 is 0 Å².